The van der Waals surface area contributed by atoms with Crippen LogP contribution in [0.4, 0.5) is 0 Å². The van der Waals surface area contributed by atoms with E-state index in [0.717, 1.165) is 19.4 Å². The van der Waals surface area contributed by atoms with E-state index in [1.807, 2.05) is 0 Å². The summed E-state index contributed by atoms with van der Waals surface area (Å²) in [5, 5.41) is 13.2. The number of aliphatic hydroxyl groups excluding tert-OH is 1. The molecule has 6 nitrogen and oxygen atoms in total. The van der Waals surface area contributed by atoms with Crippen LogP contribution in [0.15, 0.2) is 0 Å². The molecule has 2 rings (SSSR count). The lowest BCUT2D eigenvalue weighted by Crippen LogP contribution is -2.64. The van der Waals surface area contributed by atoms with Crippen LogP contribution in [0.1, 0.15) is 33.1 Å². The van der Waals surface area contributed by atoms with Crippen molar-refractivity contribution in [1.82, 2.24) is 15.1 Å². The van der Waals surface area contributed by atoms with Gasteiger partial charge in [-0.15, -0.1) is 0 Å². The number of hydrogen-bond acceptors (Lipinski definition) is 4. The molecule has 126 valence electrons. The fourth-order valence-corrected chi connectivity index (χ4v) is 4.55. The Bertz CT molecular complexity index is 447. The fraction of sp³-hybridized carbons (Fsp3) is 0.875. The van der Waals surface area contributed by atoms with Crippen molar-refractivity contribution >= 4 is 11.8 Å². The van der Waals surface area contributed by atoms with Gasteiger partial charge in [-0.1, -0.05) is 13.8 Å². The van der Waals surface area contributed by atoms with Gasteiger partial charge in [-0.3, -0.25) is 9.59 Å². The molecule has 2 fully saturated rings. The van der Waals surface area contributed by atoms with Gasteiger partial charge in [0.25, 0.3) is 0 Å². The molecule has 0 aromatic carbocycles. The van der Waals surface area contributed by atoms with Gasteiger partial charge in [0.1, 0.15) is 6.42 Å². The lowest BCUT2D eigenvalue weighted by atomic mass is 9.66. The van der Waals surface area contributed by atoms with Crippen molar-refractivity contribution in [2.75, 3.05) is 27.7 Å². The van der Waals surface area contributed by atoms with E-state index in [4.69, 9.17) is 0 Å². The first kappa shape index (κ1) is 17.2. The smallest absolute Gasteiger partial charge is 0.231 e. The van der Waals surface area contributed by atoms with E-state index in [1.165, 1.54) is 4.90 Å². The molecule has 6 heteroatoms. The lowest BCUT2D eigenvalue weighted by Gasteiger charge is -2.57. The van der Waals surface area contributed by atoms with E-state index in [1.54, 1.807) is 14.1 Å². The Morgan fingerprint density at radius 2 is 2.00 bits per heavy atom. The predicted molar refractivity (Wildman–Crippen MR) is 84.2 cm³/mol. The molecule has 0 aromatic rings. The van der Waals surface area contributed by atoms with E-state index in [-0.39, 0.29) is 29.7 Å². The number of amides is 2. The fourth-order valence-electron chi connectivity index (χ4n) is 4.55. The summed E-state index contributed by atoms with van der Waals surface area (Å²) in [5.74, 6) is 0.00688. The van der Waals surface area contributed by atoms with E-state index in [0.29, 0.717) is 12.0 Å². The molecule has 0 bridgehead atoms. The minimum absolute atomic E-state index is 0.103. The number of carbonyl (C=O) groups is 2. The maximum absolute atomic E-state index is 12.0. The lowest BCUT2D eigenvalue weighted by molar-refractivity contribution is -0.134. The van der Waals surface area contributed by atoms with Crippen molar-refractivity contribution in [3.63, 3.8) is 0 Å². The highest BCUT2D eigenvalue weighted by Gasteiger charge is 2.58. The summed E-state index contributed by atoms with van der Waals surface area (Å²) in [6.07, 6.45) is 0.848. The van der Waals surface area contributed by atoms with Gasteiger partial charge in [0.05, 0.1) is 12.1 Å². The van der Waals surface area contributed by atoms with Gasteiger partial charge in [-0.25, -0.2) is 0 Å². The molecule has 1 aliphatic carbocycles. The molecule has 22 heavy (non-hydrogen) atoms. The number of likely N-dealkylation sites (tertiary alicyclic amines) is 1. The molecule has 2 unspecified atom stereocenters. The number of carbonyl (C=O) groups excluding carboxylic acids is 2. The Hall–Kier alpha value is -1.14. The third kappa shape index (κ3) is 3.13. The van der Waals surface area contributed by atoms with Gasteiger partial charge in [-0.2, -0.15) is 0 Å². The third-order valence-electron chi connectivity index (χ3n) is 5.16. The highest BCUT2D eigenvalue weighted by atomic mass is 16.3. The Labute approximate surface area is 132 Å². The van der Waals surface area contributed by atoms with Gasteiger partial charge in [-0.05, 0) is 25.8 Å². The summed E-state index contributed by atoms with van der Waals surface area (Å²) in [5.41, 5.74) is 0.103. The Morgan fingerprint density at radius 3 is 2.50 bits per heavy atom. The summed E-state index contributed by atoms with van der Waals surface area (Å²) < 4.78 is 0. The molecule has 2 N–H and O–H groups in total. The monoisotopic (exact) mass is 311 g/mol. The summed E-state index contributed by atoms with van der Waals surface area (Å²) in [7, 11) is 5.38. The molecule has 1 spiro atoms. The first-order valence-electron chi connectivity index (χ1n) is 8.04. The van der Waals surface area contributed by atoms with Crippen LogP contribution in [0.2, 0.25) is 0 Å². The maximum atomic E-state index is 12.0. The topological polar surface area (TPSA) is 72.9 Å². The summed E-state index contributed by atoms with van der Waals surface area (Å²) >= 11 is 0. The second-order valence-corrected chi connectivity index (χ2v) is 7.58. The quantitative estimate of drug-likeness (QED) is 0.720. The van der Waals surface area contributed by atoms with Gasteiger partial charge >= 0.3 is 0 Å². The predicted octanol–water partition coefficient (Wildman–Crippen LogP) is 0.0606. The summed E-state index contributed by atoms with van der Waals surface area (Å²) in [6, 6.07) is 0.213. The van der Waals surface area contributed by atoms with Crippen molar-refractivity contribution < 1.29 is 14.7 Å². The van der Waals surface area contributed by atoms with Crippen LogP contribution < -0.4 is 5.32 Å². The SMILES string of the molecule is CC(C)C1N(C)CC12C[C@@H](O)[C@H](NC(=O)CC(=O)N(C)C)C2. The van der Waals surface area contributed by atoms with Crippen molar-refractivity contribution in [1.29, 1.82) is 0 Å². The van der Waals surface area contributed by atoms with Crippen LogP contribution in [0, 0.1) is 11.3 Å². The zero-order chi connectivity index (χ0) is 16.7. The average molecular weight is 311 g/mol. The molecule has 1 heterocycles. The number of hydrogen-bond donors (Lipinski definition) is 2. The van der Waals surface area contributed by atoms with E-state index >= 15 is 0 Å². The Kier molecular flexibility index (Phi) is 4.82. The highest BCUT2D eigenvalue weighted by Crippen LogP contribution is 2.52. The highest BCUT2D eigenvalue weighted by molar-refractivity contribution is 5.96. The minimum atomic E-state index is -0.520. The van der Waals surface area contributed by atoms with Crippen LogP contribution in [-0.2, 0) is 9.59 Å². The molecule has 2 amide bonds. The van der Waals surface area contributed by atoms with Gasteiger partial charge in [0.15, 0.2) is 0 Å². The maximum Gasteiger partial charge on any atom is 0.231 e. The number of aliphatic hydroxyl groups is 1. The summed E-state index contributed by atoms with van der Waals surface area (Å²) in [4.78, 5) is 27.3. The number of rotatable bonds is 4. The molecule has 4 atom stereocenters. The first-order chi connectivity index (χ1) is 10.2. The van der Waals surface area contributed by atoms with E-state index < -0.39 is 6.10 Å². The zero-order valence-electron chi connectivity index (χ0n) is 14.3. The molecule has 0 aromatic heterocycles. The standard InChI is InChI=1S/C16H29N3O3/c1-10(2)15-16(9-19(15)5)7-11(12(20)8-16)17-13(21)6-14(22)18(3)4/h10-12,15,20H,6-9H2,1-5H3,(H,17,21)/t11-,12-,15?,16?/m1/s1. The third-order valence-corrected chi connectivity index (χ3v) is 5.16. The van der Waals surface area contributed by atoms with E-state index in [2.05, 4.69) is 31.1 Å². The molecule has 1 saturated carbocycles. The van der Waals surface area contributed by atoms with Crippen LogP contribution in [0.3, 0.4) is 0 Å². The molecular weight excluding hydrogens is 282 g/mol. The second-order valence-electron chi connectivity index (χ2n) is 7.58. The van der Waals surface area contributed by atoms with E-state index in [9.17, 15) is 14.7 Å². The largest absolute Gasteiger partial charge is 0.391 e. The van der Waals surface area contributed by atoms with Crippen LogP contribution >= 0.6 is 0 Å². The van der Waals surface area contributed by atoms with Gasteiger partial charge in [0, 0.05) is 32.1 Å². The number of nitrogens with zero attached hydrogens (tertiary/aromatic N) is 2. The molecule has 2 aliphatic rings. The van der Waals surface area contributed by atoms with Crippen molar-refractivity contribution in [3.05, 3.63) is 0 Å². The Balaban J connectivity index is 1.95. The molecular formula is C16H29N3O3. The molecule has 1 aliphatic heterocycles. The first-order valence-corrected chi connectivity index (χ1v) is 8.04. The molecule has 0 radical (unpaired) electrons. The van der Waals surface area contributed by atoms with Gasteiger partial charge < -0.3 is 20.2 Å². The van der Waals surface area contributed by atoms with Crippen molar-refractivity contribution in [2.45, 2.75) is 51.3 Å². The normalized spacial score (nSPS) is 34.8. The van der Waals surface area contributed by atoms with Crippen molar-refractivity contribution in [2.24, 2.45) is 11.3 Å². The zero-order valence-corrected chi connectivity index (χ0v) is 14.3. The number of nitrogens with one attached hydrogen (secondary N) is 1. The summed E-state index contributed by atoms with van der Waals surface area (Å²) in [6.45, 7) is 5.38. The van der Waals surface area contributed by atoms with Gasteiger partial charge in [0.2, 0.25) is 11.8 Å². The van der Waals surface area contributed by atoms with Crippen LogP contribution in [0.5, 0.6) is 0 Å². The van der Waals surface area contributed by atoms with Crippen LogP contribution in [-0.4, -0.2) is 72.6 Å². The van der Waals surface area contributed by atoms with Crippen molar-refractivity contribution in [3.8, 4) is 0 Å². The average Bonchev–Trinajstić information content (AvgIpc) is 2.65. The molecule has 1 saturated heterocycles. The van der Waals surface area contributed by atoms with Crippen LogP contribution in [0.25, 0.3) is 0 Å². The second kappa shape index (κ2) is 6.16. The Morgan fingerprint density at radius 1 is 1.36 bits per heavy atom. The minimum Gasteiger partial charge on any atom is -0.391 e.